The Morgan fingerprint density at radius 1 is 1.24 bits per heavy atom. The van der Waals surface area contributed by atoms with Crippen LogP contribution >= 0.6 is 11.3 Å². The highest BCUT2D eigenvalue weighted by Gasteiger charge is 2.16. The van der Waals surface area contributed by atoms with Gasteiger partial charge in [0.25, 0.3) is 5.69 Å². The highest BCUT2D eigenvalue weighted by atomic mass is 32.1. The molecule has 126 valence electrons. The second-order valence-electron chi connectivity index (χ2n) is 5.41. The maximum absolute atomic E-state index is 11.4. The van der Waals surface area contributed by atoms with E-state index < -0.39 is 4.92 Å². The molecule has 0 radical (unpaired) electrons. The molecule has 3 aromatic rings. The van der Waals surface area contributed by atoms with Gasteiger partial charge in [-0.1, -0.05) is 30.3 Å². The van der Waals surface area contributed by atoms with Crippen LogP contribution in [0.25, 0.3) is 10.6 Å². The minimum atomic E-state index is -0.495. The van der Waals surface area contributed by atoms with Gasteiger partial charge in [0.15, 0.2) is 5.78 Å². The van der Waals surface area contributed by atoms with E-state index in [4.69, 9.17) is 0 Å². The van der Waals surface area contributed by atoms with E-state index in [9.17, 15) is 14.9 Å². The average molecular weight is 353 g/mol. The number of Topliss-reactive ketones (excluding diaryl/α,β-unsaturated/α-hetero) is 1. The first-order chi connectivity index (χ1) is 12.0. The molecule has 1 heterocycles. The number of rotatable bonds is 6. The molecule has 0 unspecified atom stereocenters. The van der Waals surface area contributed by atoms with Crippen molar-refractivity contribution < 1.29 is 9.72 Å². The Labute approximate surface area is 148 Å². The molecule has 0 saturated carbocycles. The van der Waals surface area contributed by atoms with Crippen molar-refractivity contribution in [1.82, 2.24) is 4.98 Å². The molecule has 0 aliphatic carbocycles. The highest BCUT2D eigenvalue weighted by molar-refractivity contribution is 7.13. The molecular weight excluding hydrogens is 338 g/mol. The van der Waals surface area contributed by atoms with Gasteiger partial charge < -0.3 is 5.32 Å². The molecule has 0 bridgehead atoms. The summed E-state index contributed by atoms with van der Waals surface area (Å²) in [6.45, 7) is 1.75. The van der Waals surface area contributed by atoms with E-state index in [1.165, 1.54) is 24.3 Å². The van der Waals surface area contributed by atoms with Crippen molar-refractivity contribution in [2.24, 2.45) is 0 Å². The van der Waals surface area contributed by atoms with E-state index in [1.54, 1.807) is 12.1 Å². The third-order valence-corrected chi connectivity index (χ3v) is 4.57. The van der Waals surface area contributed by atoms with Gasteiger partial charge in [0.1, 0.15) is 10.7 Å². The van der Waals surface area contributed by atoms with Crippen LogP contribution in [0.5, 0.6) is 0 Å². The van der Waals surface area contributed by atoms with Crippen LogP contribution in [0, 0.1) is 10.1 Å². The quantitative estimate of drug-likeness (QED) is 0.400. The fourth-order valence-electron chi connectivity index (χ4n) is 2.34. The lowest BCUT2D eigenvalue weighted by atomic mass is 10.1. The monoisotopic (exact) mass is 353 g/mol. The van der Waals surface area contributed by atoms with Crippen molar-refractivity contribution in [3.63, 3.8) is 0 Å². The van der Waals surface area contributed by atoms with Crippen molar-refractivity contribution >= 4 is 28.5 Å². The van der Waals surface area contributed by atoms with Crippen molar-refractivity contribution in [2.75, 3.05) is 5.32 Å². The van der Waals surface area contributed by atoms with Gasteiger partial charge in [-0.15, -0.1) is 11.3 Å². The zero-order valence-corrected chi connectivity index (χ0v) is 14.2. The largest absolute Gasteiger partial charge is 0.374 e. The zero-order chi connectivity index (χ0) is 17.8. The van der Waals surface area contributed by atoms with E-state index in [1.807, 2.05) is 35.7 Å². The van der Waals surface area contributed by atoms with Crippen molar-refractivity contribution in [1.29, 1.82) is 0 Å². The third-order valence-electron chi connectivity index (χ3n) is 3.63. The summed E-state index contributed by atoms with van der Waals surface area (Å²) in [7, 11) is 0. The Morgan fingerprint density at radius 2 is 2.00 bits per heavy atom. The SMILES string of the molecule is CC(=O)c1ccc(NCc2csc(-c3ccccc3)n2)c([N+](=O)[O-])c1. The second-order valence-corrected chi connectivity index (χ2v) is 6.27. The van der Waals surface area contributed by atoms with Crippen LogP contribution < -0.4 is 5.32 Å². The van der Waals surface area contributed by atoms with Crippen LogP contribution in [0.4, 0.5) is 11.4 Å². The van der Waals surface area contributed by atoms with Crippen LogP contribution in [0.2, 0.25) is 0 Å². The molecule has 0 aliphatic rings. The van der Waals surface area contributed by atoms with Gasteiger partial charge in [0.2, 0.25) is 0 Å². The molecule has 0 aliphatic heterocycles. The number of nitrogens with zero attached hydrogens (tertiary/aromatic N) is 2. The van der Waals surface area contributed by atoms with Crippen LogP contribution in [-0.2, 0) is 6.54 Å². The molecule has 0 spiro atoms. The Balaban J connectivity index is 1.77. The molecule has 3 rings (SSSR count). The third kappa shape index (κ3) is 3.89. The van der Waals surface area contributed by atoms with Crippen LogP contribution in [0.15, 0.2) is 53.9 Å². The molecule has 0 amide bonds. The van der Waals surface area contributed by atoms with Gasteiger partial charge in [-0.3, -0.25) is 14.9 Å². The average Bonchev–Trinajstić information content (AvgIpc) is 3.09. The molecule has 0 saturated heterocycles. The Hall–Kier alpha value is -3.06. The van der Waals surface area contributed by atoms with E-state index >= 15 is 0 Å². The Morgan fingerprint density at radius 3 is 2.68 bits per heavy atom. The van der Waals surface area contributed by atoms with Crippen molar-refractivity contribution in [3.05, 3.63) is 75.3 Å². The molecule has 1 N–H and O–H groups in total. The van der Waals surface area contributed by atoms with Crippen LogP contribution in [0.3, 0.4) is 0 Å². The number of nitro groups is 1. The number of carbonyl (C=O) groups is 1. The number of nitro benzene ring substituents is 1. The lowest BCUT2D eigenvalue weighted by molar-refractivity contribution is -0.384. The summed E-state index contributed by atoms with van der Waals surface area (Å²) in [5.74, 6) is -0.207. The van der Waals surface area contributed by atoms with E-state index in [0.29, 0.717) is 17.8 Å². The Kier molecular flexibility index (Phi) is 4.85. The minimum absolute atomic E-state index is 0.119. The highest BCUT2D eigenvalue weighted by Crippen LogP contribution is 2.27. The van der Waals surface area contributed by atoms with Crippen molar-refractivity contribution in [2.45, 2.75) is 13.5 Å². The van der Waals surface area contributed by atoms with Gasteiger partial charge in [0.05, 0.1) is 17.2 Å². The van der Waals surface area contributed by atoms with Crippen LogP contribution in [-0.4, -0.2) is 15.7 Å². The van der Waals surface area contributed by atoms with Gasteiger partial charge in [-0.2, -0.15) is 0 Å². The molecule has 2 aromatic carbocycles. The number of hydrogen-bond acceptors (Lipinski definition) is 6. The summed E-state index contributed by atoms with van der Waals surface area (Å²) in [5, 5.41) is 17.1. The maximum atomic E-state index is 11.4. The first kappa shape index (κ1) is 16.8. The number of hydrogen-bond donors (Lipinski definition) is 1. The fourth-order valence-corrected chi connectivity index (χ4v) is 3.16. The van der Waals surface area contributed by atoms with Crippen LogP contribution in [0.1, 0.15) is 23.0 Å². The van der Waals surface area contributed by atoms with Gasteiger partial charge >= 0.3 is 0 Å². The zero-order valence-electron chi connectivity index (χ0n) is 13.4. The first-order valence-corrected chi connectivity index (χ1v) is 8.45. The van der Waals surface area contributed by atoms with E-state index in [-0.39, 0.29) is 11.5 Å². The standard InChI is InChI=1S/C18H15N3O3S/c1-12(22)14-7-8-16(17(9-14)21(23)24)19-10-15-11-25-18(20-15)13-5-3-2-4-6-13/h2-9,11,19H,10H2,1H3. The molecule has 25 heavy (non-hydrogen) atoms. The van der Waals surface area contributed by atoms with E-state index in [2.05, 4.69) is 10.3 Å². The minimum Gasteiger partial charge on any atom is -0.374 e. The normalized spacial score (nSPS) is 10.4. The smallest absolute Gasteiger partial charge is 0.293 e. The summed E-state index contributed by atoms with van der Waals surface area (Å²) >= 11 is 1.53. The van der Waals surface area contributed by atoms with Gasteiger partial charge in [-0.05, 0) is 19.1 Å². The number of carbonyl (C=O) groups excluding carboxylic acids is 1. The summed E-state index contributed by atoms with van der Waals surface area (Å²) in [5.41, 5.74) is 2.40. The lowest BCUT2D eigenvalue weighted by Gasteiger charge is -2.06. The molecule has 7 heteroatoms. The molecule has 0 fully saturated rings. The summed E-state index contributed by atoms with van der Waals surface area (Å²) < 4.78 is 0. The molecule has 6 nitrogen and oxygen atoms in total. The second kappa shape index (κ2) is 7.23. The summed E-state index contributed by atoms with van der Waals surface area (Å²) in [6.07, 6.45) is 0. The molecule has 0 atom stereocenters. The molecular formula is C18H15N3O3S. The molecule has 1 aromatic heterocycles. The van der Waals surface area contributed by atoms with Gasteiger partial charge in [0, 0.05) is 22.6 Å². The predicted molar refractivity (Wildman–Crippen MR) is 98.0 cm³/mol. The van der Waals surface area contributed by atoms with E-state index in [0.717, 1.165) is 16.3 Å². The number of anilines is 1. The number of thiazole rings is 1. The predicted octanol–water partition coefficient (Wildman–Crippen LogP) is 4.53. The first-order valence-electron chi connectivity index (χ1n) is 7.57. The van der Waals surface area contributed by atoms with Gasteiger partial charge in [-0.25, -0.2) is 4.98 Å². The fraction of sp³-hybridized carbons (Fsp3) is 0.111. The van der Waals surface area contributed by atoms with Crippen molar-refractivity contribution in [3.8, 4) is 10.6 Å². The number of nitrogens with one attached hydrogen (secondary N) is 1. The Bertz CT molecular complexity index is 922. The summed E-state index contributed by atoms with van der Waals surface area (Å²) in [6, 6.07) is 14.3. The number of aromatic nitrogens is 1. The number of ketones is 1. The maximum Gasteiger partial charge on any atom is 0.293 e. The number of benzene rings is 2. The summed E-state index contributed by atoms with van der Waals surface area (Å²) in [4.78, 5) is 26.7. The lowest BCUT2D eigenvalue weighted by Crippen LogP contribution is -2.04. The topological polar surface area (TPSA) is 85.1 Å².